The van der Waals surface area contributed by atoms with E-state index in [0.717, 1.165) is 12.1 Å². The normalized spacial score (nSPS) is 14.1. The second-order valence-electron chi connectivity index (χ2n) is 2.82. The molecule has 0 fully saturated rings. The van der Waals surface area contributed by atoms with E-state index in [1.54, 1.807) is 0 Å². The van der Waals surface area contributed by atoms with Crippen LogP contribution in [0.5, 0.6) is 11.5 Å². The Bertz CT molecular complexity index is 601. The Labute approximate surface area is 128 Å². The van der Waals surface area contributed by atoms with Crippen molar-refractivity contribution in [2.75, 3.05) is 0 Å². The van der Waals surface area contributed by atoms with Crippen molar-refractivity contribution in [2.45, 2.75) is 4.90 Å². The molecule has 0 saturated heterocycles. The molecule has 106 valence electrons. The molecule has 19 heavy (non-hydrogen) atoms. The van der Waals surface area contributed by atoms with Crippen molar-refractivity contribution in [2.24, 2.45) is 0 Å². The van der Waals surface area contributed by atoms with Crippen LogP contribution in [0.3, 0.4) is 0 Å². The number of rotatable bonds is 5. The third kappa shape index (κ3) is 6.32. The van der Waals surface area contributed by atoms with Gasteiger partial charge in [0.25, 0.3) is 10.1 Å². The molecule has 0 aromatic heterocycles. The molecule has 1 rings (SSSR count). The van der Waals surface area contributed by atoms with Gasteiger partial charge >= 0.3 is 16.5 Å². The largest absolute Gasteiger partial charge is 0.426 e. The Kier molecular flexibility index (Phi) is 7.69. The van der Waals surface area contributed by atoms with E-state index in [4.69, 9.17) is 14.3 Å². The molecule has 2 atom stereocenters. The zero-order chi connectivity index (χ0) is 13.9. The van der Waals surface area contributed by atoms with Gasteiger partial charge < -0.3 is 18.8 Å². The van der Waals surface area contributed by atoms with E-state index < -0.39 is 37.3 Å². The Morgan fingerprint density at radius 2 is 1.58 bits per heavy atom. The van der Waals surface area contributed by atoms with Crippen LogP contribution in [-0.4, -0.2) is 22.8 Å². The molecule has 0 bridgehead atoms. The predicted molar refractivity (Wildman–Crippen MR) is 60.0 cm³/mol. The molecule has 1 aromatic carbocycles. The minimum atomic E-state index is -4.75. The fourth-order valence-corrected chi connectivity index (χ4v) is 2.43. The molecule has 0 aliphatic rings. The van der Waals surface area contributed by atoms with Gasteiger partial charge in [-0.2, -0.15) is 8.42 Å². The average Bonchev–Trinajstić information content (AvgIpc) is 2.17. The van der Waals surface area contributed by atoms with Gasteiger partial charge in [0.2, 0.25) is 0 Å². The second-order valence-corrected chi connectivity index (χ2v) is 5.68. The minimum Gasteiger partial charge on any atom is -0.426 e. The second kappa shape index (κ2) is 7.69. The topological polar surface area (TPSA) is 147 Å². The smallest absolute Gasteiger partial charge is 0.365 e. The number of hydrogen-bond acceptors (Lipinski definition) is 6. The van der Waals surface area contributed by atoms with Gasteiger partial charge in [-0.1, -0.05) is 0 Å². The van der Waals surface area contributed by atoms with Crippen LogP contribution >= 0.6 is 16.5 Å². The Morgan fingerprint density at radius 3 is 2.00 bits per heavy atom. The first-order valence-electron chi connectivity index (χ1n) is 4.13. The van der Waals surface area contributed by atoms with Crippen LogP contribution in [0.2, 0.25) is 0 Å². The third-order valence-corrected chi connectivity index (χ3v) is 3.28. The van der Waals surface area contributed by atoms with Gasteiger partial charge in [-0.25, -0.2) is 9.13 Å². The summed E-state index contributed by atoms with van der Waals surface area (Å²) in [4.78, 5) is 16.2. The first kappa shape index (κ1) is 19.0. The van der Waals surface area contributed by atoms with E-state index in [0.29, 0.717) is 6.07 Å². The molecule has 1 aromatic rings. The van der Waals surface area contributed by atoms with Crippen LogP contribution in [0, 0.1) is 0 Å². The Balaban J connectivity index is 0.00000324. The average molecular weight is 409 g/mol. The molecule has 0 radical (unpaired) electrons. The Morgan fingerprint density at radius 1 is 1.05 bits per heavy atom. The molecule has 0 aliphatic carbocycles. The van der Waals surface area contributed by atoms with Crippen LogP contribution in [0.1, 0.15) is 0 Å². The number of hydrogen-bond donors (Lipinski definition) is 3. The zero-order valence-corrected chi connectivity index (χ0v) is 14.2. The maximum absolute atomic E-state index is 11.0. The first-order chi connectivity index (χ1) is 8.20. The molecule has 0 spiro atoms. The fourth-order valence-electron chi connectivity index (χ4n) is 1.03. The van der Waals surface area contributed by atoms with Gasteiger partial charge in [-0.3, -0.25) is 4.55 Å². The molecule has 0 saturated carbocycles. The van der Waals surface area contributed by atoms with E-state index in [1.165, 1.54) is 0 Å². The van der Waals surface area contributed by atoms with Crippen molar-refractivity contribution in [3.8, 4) is 11.5 Å². The van der Waals surface area contributed by atoms with Crippen molar-refractivity contribution in [3.63, 3.8) is 0 Å². The molecule has 0 heterocycles. The molecule has 0 aliphatic heterocycles. The van der Waals surface area contributed by atoms with Crippen LogP contribution in [0.15, 0.2) is 23.1 Å². The van der Waals surface area contributed by atoms with Crippen molar-refractivity contribution < 1.29 is 67.1 Å². The van der Waals surface area contributed by atoms with Crippen LogP contribution in [0.25, 0.3) is 0 Å². The molecule has 13 heteroatoms. The molecular formula is C6H8O9P2SZr. The maximum atomic E-state index is 11.0. The van der Waals surface area contributed by atoms with E-state index in [2.05, 4.69) is 9.05 Å². The summed E-state index contributed by atoms with van der Waals surface area (Å²) in [6.07, 6.45) is 0. The van der Waals surface area contributed by atoms with Crippen molar-refractivity contribution in [1.29, 1.82) is 0 Å². The van der Waals surface area contributed by atoms with Crippen LogP contribution in [0.4, 0.5) is 0 Å². The summed E-state index contributed by atoms with van der Waals surface area (Å²) in [5.41, 5.74) is 0. The standard InChI is InChI=1S/C6H8O9P2S.Zr/c7-16(8)14-4-1-2-5(15-17(9)10)6(3-4)18(11,12)13;/h1-3,16-17H,(H,7,8)(H,9,10)(H,11,12,13);. The van der Waals surface area contributed by atoms with Crippen LogP contribution < -0.4 is 9.05 Å². The van der Waals surface area contributed by atoms with Gasteiger partial charge in [0.05, 0.1) is 0 Å². The van der Waals surface area contributed by atoms with Gasteiger partial charge in [-0.05, 0) is 12.1 Å². The summed E-state index contributed by atoms with van der Waals surface area (Å²) in [5.74, 6) is -0.896. The van der Waals surface area contributed by atoms with Crippen molar-refractivity contribution in [3.05, 3.63) is 18.2 Å². The summed E-state index contributed by atoms with van der Waals surface area (Å²) in [6.45, 7) is 0. The molecular weight excluding hydrogens is 401 g/mol. The summed E-state index contributed by atoms with van der Waals surface area (Å²) >= 11 is 0. The van der Waals surface area contributed by atoms with E-state index in [1.807, 2.05) is 0 Å². The van der Waals surface area contributed by atoms with Crippen molar-refractivity contribution >= 4 is 26.6 Å². The molecule has 3 N–H and O–H groups in total. The van der Waals surface area contributed by atoms with Crippen molar-refractivity contribution in [1.82, 2.24) is 0 Å². The third-order valence-electron chi connectivity index (χ3n) is 1.60. The van der Waals surface area contributed by atoms with Crippen LogP contribution in [-0.2, 0) is 45.5 Å². The quantitative estimate of drug-likeness (QED) is 0.466. The van der Waals surface area contributed by atoms with Gasteiger partial charge in [0, 0.05) is 32.3 Å². The summed E-state index contributed by atoms with van der Waals surface area (Å²) in [5, 5.41) is 0. The van der Waals surface area contributed by atoms with E-state index >= 15 is 0 Å². The maximum Gasteiger partial charge on any atom is 0.365 e. The van der Waals surface area contributed by atoms with Gasteiger partial charge in [0.15, 0.2) is 0 Å². The van der Waals surface area contributed by atoms with Gasteiger partial charge in [0.1, 0.15) is 16.4 Å². The summed E-state index contributed by atoms with van der Waals surface area (Å²) in [7, 11) is -11.6. The first-order valence-corrected chi connectivity index (χ1v) is 8.10. The SMILES string of the molecule is O=[PH](O)Oc1ccc(O[PH](=O)O)c(S(=O)(=O)O)c1.[Zr]. The Hall–Kier alpha value is -0.00688. The molecule has 2 unspecified atom stereocenters. The zero-order valence-electron chi connectivity index (χ0n) is 8.93. The monoisotopic (exact) mass is 408 g/mol. The summed E-state index contributed by atoms with van der Waals surface area (Å²) in [6, 6.07) is 2.63. The minimum absolute atomic E-state index is 0. The van der Waals surface area contributed by atoms with E-state index in [-0.39, 0.29) is 32.0 Å². The fraction of sp³-hybridized carbons (Fsp3) is 0. The molecule has 9 nitrogen and oxygen atoms in total. The molecule has 0 amide bonds. The predicted octanol–water partition coefficient (Wildman–Crippen LogP) is 0.452. The van der Waals surface area contributed by atoms with Gasteiger partial charge in [-0.15, -0.1) is 0 Å². The number of benzene rings is 1. The summed E-state index contributed by atoms with van der Waals surface area (Å²) < 4.78 is 60.4. The van der Waals surface area contributed by atoms with E-state index in [9.17, 15) is 17.5 Å².